The van der Waals surface area contributed by atoms with Crippen molar-refractivity contribution in [2.45, 2.75) is 27.6 Å². The van der Waals surface area contributed by atoms with Crippen LogP contribution in [0.2, 0.25) is 0 Å². The molecular weight excluding hydrogens is 619 g/mol. The molecule has 1 aliphatic heterocycles. The van der Waals surface area contributed by atoms with Crippen LogP contribution < -0.4 is 15.0 Å². The van der Waals surface area contributed by atoms with Crippen LogP contribution in [-0.4, -0.2) is 62.0 Å². The Hall–Kier alpha value is -3.96. The van der Waals surface area contributed by atoms with Gasteiger partial charge in [-0.3, -0.25) is 5.10 Å². The van der Waals surface area contributed by atoms with Crippen LogP contribution in [0.4, 0.5) is 39.4 Å². The molecule has 1 aliphatic rings. The summed E-state index contributed by atoms with van der Waals surface area (Å²) in [6.07, 6.45) is 0. The molecule has 0 bridgehead atoms. The van der Waals surface area contributed by atoms with Crippen LogP contribution in [0.5, 0.6) is 5.75 Å². The lowest BCUT2D eigenvalue weighted by molar-refractivity contribution is 0.122. The molecule has 228 valence electrons. The van der Waals surface area contributed by atoms with Gasteiger partial charge in [0.05, 0.1) is 35.9 Å². The van der Waals surface area contributed by atoms with E-state index in [1.54, 1.807) is 6.07 Å². The van der Waals surface area contributed by atoms with Crippen molar-refractivity contribution in [3.05, 3.63) is 70.7 Å². The summed E-state index contributed by atoms with van der Waals surface area (Å²) >= 11 is 0.781. The number of benzene rings is 2. The summed E-state index contributed by atoms with van der Waals surface area (Å²) in [4.78, 5) is 10.2. The zero-order valence-corrected chi connectivity index (χ0v) is 24.2. The highest BCUT2D eigenvalue weighted by molar-refractivity contribution is 7.99. The molecule has 5 rings (SSSR count). The van der Waals surface area contributed by atoms with E-state index >= 15 is 4.39 Å². The number of anilines is 3. The van der Waals surface area contributed by atoms with Crippen molar-refractivity contribution in [1.82, 2.24) is 20.2 Å². The van der Waals surface area contributed by atoms with Gasteiger partial charge in [0, 0.05) is 36.5 Å². The molecule has 0 radical (unpaired) electrons. The Bertz CT molecular complexity index is 1760. The average molecular weight is 643 g/mol. The monoisotopic (exact) mass is 642 g/mol. The summed E-state index contributed by atoms with van der Waals surface area (Å²) in [6.45, 7) is 3.69. The number of halogens is 5. The zero-order valence-electron chi connectivity index (χ0n) is 22.6. The highest BCUT2D eigenvalue weighted by Crippen LogP contribution is 2.39. The Balaban J connectivity index is 1.47. The maximum atomic E-state index is 15.3. The van der Waals surface area contributed by atoms with E-state index in [-0.39, 0.29) is 21.9 Å². The van der Waals surface area contributed by atoms with Gasteiger partial charge in [-0.2, -0.15) is 5.10 Å². The first-order valence-electron chi connectivity index (χ1n) is 12.6. The second kappa shape index (κ2) is 12.3. The van der Waals surface area contributed by atoms with Gasteiger partial charge in [-0.15, -0.1) is 0 Å². The molecule has 2 aromatic carbocycles. The minimum Gasteiger partial charge on any atom is -0.490 e. The third-order valence-corrected chi connectivity index (χ3v) is 8.85. The van der Waals surface area contributed by atoms with Crippen LogP contribution in [-0.2, 0) is 20.3 Å². The van der Waals surface area contributed by atoms with Crippen LogP contribution in [0.25, 0.3) is 0 Å². The lowest BCUT2D eigenvalue weighted by Gasteiger charge is -2.29. The van der Waals surface area contributed by atoms with E-state index in [1.165, 1.54) is 7.11 Å². The molecule has 0 saturated carbocycles. The minimum atomic E-state index is -4.62. The standard InChI is InChI=1S/C26H23F5N6O4S2/c1-13-9-20(36-35-13)32-24-23(40-2)25(37-5-7-41-8-6-37)34-26(33-24)42-19-4-3-14(10-16(19)27)43(38,39)12-15-21(30)17(28)11-18(29)22(15)31/h3-4,9-11H,5-8,12H2,1-2H3,(H2,32,33,34,35,36). The van der Waals surface area contributed by atoms with E-state index in [9.17, 15) is 26.0 Å². The molecule has 17 heteroatoms. The maximum Gasteiger partial charge on any atom is 0.204 e. The summed E-state index contributed by atoms with van der Waals surface area (Å²) in [5.74, 6) is -8.27. The molecule has 2 N–H and O–H groups in total. The van der Waals surface area contributed by atoms with Gasteiger partial charge in [0.2, 0.25) is 5.75 Å². The molecule has 0 aliphatic carbocycles. The van der Waals surface area contributed by atoms with Gasteiger partial charge in [-0.05, 0) is 36.9 Å². The third kappa shape index (κ3) is 6.52. The Morgan fingerprint density at radius 3 is 2.33 bits per heavy atom. The molecule has 0 spiro atoms. The van der Waals surface area contributed by atoms with E-state index in [4.69, 9.17) is 9.47 Å². The molecule has 43 heavy (non-hydrogen) atoms. The topological polar surface area (TPSA) is 122 Å². The number of nitrogens with one attached hydrogen (secondary N) is 2. The van der Waals surface area contributed by atoms with E-state index in [0.717, 1.165) is 29.6 Å². The number of aromatic amines is 1. The average Bonchev–Trinajstić information content (AvgIpc) is 3.39. The number of aromatic nitrogens is 4. The smallest absolute Gasteiger partial charge is 0.204 e. The SMILES string of the molecule is COc1c(Nc2cc(C)[nH]n2)nc(Sc2ccc(S(=O)(=O)Cc3c(F)c(F)cc(F)c3F)cc2F)nc1N1CCOCC1. The summed E-state index contributed by atoms with van der Waals surface area (Å²) in [6, 6.07) is 4.47. The van der Waals surface area contributed by atoms with Crippen LogP contribution >= 0.6 is 11.8 Å². The molecule has 1 fully saturated rings. The number of hydrogen-bond acceptors (Lipinski definition) is 10. The molecular formula is C26H23F5N6O4S2. The normalized spacial score (nSPS) is 13.8. The molecule has 3 heterocycles. The first kappa shape index (κ1) is 30.5. The maximum absolute atomic E-state index is 15.3. The number of H-pyrrole nitrogens is 1. The van der Waals surface area contributed by atoms with Crippen LogP contribution in [0.1, 0.15) is 11.3 Å². The van der Waals surface area contributed by atoms with Gasteiger partial charge in [-0.1, -0.05) is 0 Å². The summed E-state index contributed by atoms with van der Waals surface area (Å²) in [7, 11) is -3.17. The third-order valence-electron chi connectivity index (χ3n) is 6.30. The molecule has 2 aromatic heterocycles. The lowest BCUT2D eigenvalue weighted by atomic mass is 10.2. The fraction of sp³-hybridized carbons (Fsp3) is 0.269. The molecule has 0 unspecified atom stereocenters. The van der Waals surface area contributed by atoms with Gasteiger partial charge < -0.3 is 19.7 Å². The first-order chi connectivity index (χ1) is 20.5. The Morgan fingerprint density at radius 1 is 1.02 bits per heavy atom. The Kier molecular flexibility index (Phi) is 8.75. The van der Waals surface area contributed by atoms with Crippen molar-refractivity contribution in [2.24, 2.45) is 0 Å². The number of methoxy groups -OCH3 is 1. The molecule has 4 aromatic rings. The number of aryl methyl sites for hydroxylation is 1. The molecule has 0 amide bonds. The number of morpholine rings is 1. The number of nitrogens with zero attached hydrogens (tertiary/aromatic N) is 4. The van der Waals surface area contributed by atoms with E-state index in [0.29, 0.717) is 49.8 Å². The van der Waals surface area contributed by atoms with Crippen molar-refractivity contribution in [3.8, 4) is 5.75 Å². The number of sulfone groups is 1. The van der Waals surface area contributed by atoms with Crippen LogP contribution in [0.3, 0.4) is 0 Å². The minimum absolute atomic E-state index is 0.0328. The second-order valence-corrected chi connectivity index (χ2v) is 12.3. The Labute approximate surface area is 246 Å². The van der Waals surface area contributed by atoms with Gasteiger partial charge >= 0.3 is 0 Å². The van der Waals surface area contributed by atoms with Crippen molar-refractivity contribution in [2.75, 3.05) is 43.6 Å². The highest BCUT2D eigenvalue weighted by Gasteiger charge is 2.27. The number of rotatable bonds is 9. The zero-order chi connectivity index (χ0) is 30.9. The van der Waals surface area contributed by atoms with E-state index < -0.39 is 55.1 Å². The van der Waals surface area contributed by atoms with Gasteiger partial charge in [0.15, 0.2) is 55.7 Å². The summed E-state index contributed by atoms with van der Waals surface area (Å²) in [5.41, 5.74) is -0.547. The number of ether oxygens (including phenoxy) is 2. The van der Waals surface area contributed by atoms with Crippen molar-refractivity contribution in [1.29, 1.82) is 0 Å². The fourth-order valence-corrected chi connectivity index (χ4v) is 6.33. The van der Waals surface area contributed by atoms with Gasteiger partial charge in [0.1, 0.15) is 5.82 Å². The predicted molar refractivity (Wildman–Crippen MR) is 146 cm³/mol. The predicted octanol–water partition coefficient (Wildman–Crippen LogP) is 4.92. The van der Waals surface area contributed by atoms with Crippen molar-refractivity contribution in [3.63, 3.8) is 0 Å². The number of hydrogen-bond donors (Lipinski definition) is 2. The highest BCUT2D eigenvalue weighted by atomic mass is 32.2. The summed E-state index contributed by atoms with van der Waals surface area (Å²) in [5, 5.41) is 10.1. The molecule has 10 nitrogen and oxygen atoms in total. The molecule has 1 saturated heterocycles. The quantitative estimate of drug-likeness (QED) is 0.148. The lowest BCUT2D eigenvalue weighted by Crippen LogP contribution is -2.37. The first-order valence-corrected chi connectivity index (χ1v) is 15.0. The molecule has 0 atom stereocenters. The van der Waals surface area contributed by atoms with Crippen molar-refractivity contribution >= 4 is 39.1 Å². The Morgan fingerprint density at radius 2 is 1.72 bits per heavy atom. The summed E-state index contributed by atoms with van der Waals surface area (Å²) < 4.78 is 107. The van der Waals surface area contributed by atoms with E-state index in [1.807, 2.05) is 11.8 Å². The largest absolute Gasteiger partial charge is 0.490 e. The fourth-order valence-electron chi connectivity index (χ4n) is 4.21. The van der Waals surface area contributed by atoms with Crippen LogP contribution in [0, 0.1) is 36.0 Å². The van der Waals surface area contributed by atoms with E-state index in [2.05, 4.69) is 25.5 Å². The van der Waals surface area contributed by atoms with Crippen molar-refractivity contribution < 1.29 is 39.8 Å². The van der Waals surface area contributed by atoms with Gasteiger partial charge in [0.25, 0.3) is 0 Å². The van der Waals surface area contributed by atoms with Crippen LogP contribution in [0.15, 0.2) is 45.3 Å². The second-order valence-electron chi connectivity index (χ2n) is 9.27. The van der Waals surface area contributed by atoms with Gasteiger partial charge in [-0.25, -0.2) is 40.3 Å².